The van der Waals surface area contributed by atoms with Crippen LogP contribution in [0.25, 0.3) is 0 Å². The minimum absolute atomic E-state index is 1.18. The molecule has 0 aliphatic heterocycles. The molecule has 0 fully saturated rings. The van der Waals surface area contributed by atoms with E-state index in [1.165, 1.54) is 218 Å². The van der Waals surface area contributed by atoms with Crippen LogP contribution < -0.4 is 0 Å². The molecule has 272 valence electrons. The van der Waals surface area contributed by atoms with Crippen LogP contribution in [0.3, 0.4) is 0 Å². The Hall–Kier alpha value is -0.160. The van der Waals surface area contributed by atoms with Crippen LogP contribution in [0.5, 0.6) is 0 Å². The van der Waals surface area contributed by atoms with Gasteiger partial charge in [0.15, 0.2) is 0 Å². The molecule has 0 rings (SSSR count). The first-order valence-corrected chi connectivity index (χ1v) is 20.5. The Bertz CT molecular complexity index is 585. The normalized spacial score (nSPS) is 13.2. The molecule has 0 aromatic heterocycles. The van der Waals surface area contributed by atoms with Crippen molar-refractivity contribution in [2.45, 2.75) is 162 Å². The first-order chi connectivity index (χ1) is 21.2. The van der Waals surface area contributed by atoms with E-state index < -0.39 is 0 Å². The van der Waals surface area contributed by atoms with Gasteiger partial charge in [-0.25, -0.2) is 0 Å². The predicted octanol–water partition coefficient (Wildman–Crippen LogP) is 10.3. The molecule has 0 spiro atoms. The van der Waals surface area contributed by atoms with Gasteiger partial charge in [0.25, 0.3) is 0 Å². The monoisotopic (exact) mass is 641 g/mol. The third kappa shape index (κ3) is 30.9. The van der Waals surface area contributed by atoms with Crippen molar-refractivity contribution in [3.05, 3.63) is 0 Å². The fourth-order valence-electron chi connectivity index (χ4n) is 6.84. The Balaban J connectivity index is 3.94. The molecule has 0 unspecified atom stereocenters. The molecule has 0 aliphatic rings. The number of nitrogens with zero attached hydrogens (tertiary/aromatic N) is 4. The summed E-state index contributed by atoms with van der Waals surface area (Å²) in [7, 11) is 19.7. The van der Waals surface area contributed by atoms with Crippen molar-refractivity contribution in [1.82, 2.24) is 0 Å². The van der Waals surface area contributed by atoms with Crippen molar-refractivity contribution >= 4 is 0 Å². The lowest BCUT2D eigenvalue weighted by atomic mass is 10.1. The first kappa shape index (κ1) is 44.8. The molecule has 4 nitrogen and oxygen atoms in total. The third-order valence-corrected chi connectivity index (χ3v) is 10.9. The molecule has 4 heteroatoms. The van der Waals surface area contributed by atoms with Crippen molar-refractivity contribution < 1.29 is 17.9 Å². The van der Waals surface area contributed by atoms with Gasteiger partial charge in [-0.1, -0.05) is 117 Å². The van der Waals surface area contributed by atoms with Gasteiger partial charge in [-0.05, 0) is 44.9 Å². The molecule has 0 heterocycles. The highest BCUT2D eigenvalue weighted by atomic mass is 15.4. The maximum absolute atomic E-state index is 2.47. The largest absolute Gasteiger partial charge is 0.324 e. The average molecular weight is 641 g/mol. The molecule has 45 heavy (non-hydrogen) atoms. The van der Waals surface area contributed by atoms with E-state index in [9.17, 15) is 0 Å². The van der Waals surface area contributed by atoms with Crippen LogP contribution in [0.2, 0.25) is 0 Å². The summed E-state index contributed by atoms with van der Waals surface area (Å²) in [6, 6.07) is 0. The van der Waals surface area contributed by atoms with E-state index in [0.29, 0.717) is 0 Å². The van der Waals surface area contributed by atoms with Crippen LogP contribution in [-0.4, -0.2) is 127 Å². The number of quaternary nitrogens is 4. The minimum Gasteiger partial charge on any atom is -0.324 e. The third-order valence-electron chi connectivity index (χ3n) is 10.9. The van der Waals surface area contributed by atoms with Crippen LogP contribution in [0, 0.1) is 0 Å². The summed E-state index contributed by atoms with van der Waals surface area (Å²) in [5.74, 6) is 0. The first-order valence-electron chi connectivity index (χ1n) is 20.5. The molecular formula is C41H92N4+4. The van der Waals surface area contributed by atoms with Crippen LogP contribution in [0.4, 0.5) is 0 Å². The summed E-state index contributed by atoms with van der Waals surface area (Å²) < 4.78 is 4.75. The zero-order valence-corrected chi connectivity index (χ0v) is 33.7. The quantitative estimate of drug-likeness (QED) is 0.0485. The molecule has 0 radical (unpaired) electrons. The molecule has 0 saturated heterocycles. The van der Waals surface area contributed by atoms with E-state index in [1.54, 1.807) is 0 Å². The lowest BCUT2D eigenvalue weighted by Crippen LogP contribution is -2.51. The second-order valence-electron chi connectivity index (χ2n) is 18.0. The summed E-state index contributed by atoms with van der Waals surface area (Å²) in [4.78, 5) is 0. The van der Waals surface area contributed by atoms with Crippen molar-refractivity contribution in [3.8, 4) is 0 Å². The van der Waals surface area contributed by atoms with Gasteiger partial charge in [-0.15, -0.1) is 0 Å². The number of hydrogen-bond acceptors (Lipinski definition) is 0. The molecule has 0 aromatic rings. The molecular weight excluding hydrogens is 548 g/mol. The average Bonchev–Trinajstić information content (AvgIpc) is 2.97. The highest BCUT2D eigenvalue weighted by Crippen LogP contribution is 2.15. The van der Waals surface area contributed by atoms with Gasteiger partial charge in [-0.2, -0.15) is 0 Å². The topological polar surface area (TPSA) is 0 Å². The Morgan fingerprint density at radius 2 is 0.356 bits per heavy atom. The Morgan fingerprint density at radius 3 is 0.556 bits per heavy atom. The Labute approximate surface area is 287 Å². The highest BCUT2D eigenvalue weighted by molar-refractivity contribution is 4.50. The van der Waals surface area contributed by atoms with E-state index in [-0.39, 0.29) is 0 Å². The molecule has 0 bridgehead atoms. The van der Waals surface area contributed by atoms with Gasteiger partial charge in [0.2, 0.25) is 0 Å². The molecule has 0 aliphatic carbocycles. The molecule has 0 saturated carbocycles. The van der Waals surface area contributed by atoms with Gasteiger partial charge >= 0.3 is 0 Å². The zero-order valence-electron chi connectivity index (χ0n) is 33.7. The number of likely N-dealkylation sites (N-methyl/N-ethyl adjacent to an activating group) is 4. The van der Waals surface area contributed by atoms with Crippen molar-refractivity contribution in [1.29, 1.82) is 0 Å². The second-order valence-corrected chi connectivity index (χ2v) is 18.0. The molecule has 0 N–H and O–H groups in total. The fraction of sp³-hybridized carbons (Fsp3) is 1.00. The van der Waals surface area contributed by atoms with Crippen LogP contribution in [-0.2, 0) is 0 Å². The smallest absolute Gasteiger partial charge is 0.128 e. The summed E-state index contributed by atoms with van der Waals surface area (Å²) in [5.41, 5.74) is 0. The zero-order chi connectivity index (χ0) is 33.9. The number of unbranched alkanes of at least 4 members (excludes halogenated alkanes) is 20. The van der Waals surface area contributed by atoms with E-state index >= 15 is 0 Å². The summed E-state index contributed by atoms with van der Waals surface area (Å²) >= 11 is 0. The second kappa shape index (κ2) is 26.8. The molecule has 0 atom stereocenters. The number of rotatable bonds is 34. The van der Waals surface area contributed by atoms with Gasteiger partial charge in [0, 0.05) is 0 Å². The van der Waals surface area contributed by atoms with Crippen molar-refractivity contribution in [2.75, 3.05) is 109 Å². The lowest BCUT2D eigenvalue weighted by molar-refractivity contribution is -0.947. The predicted molar refractivity (Wildman–Crippen MR) is 205 cm³/mol. The van der Waals surface area contributed by atoms with Gasteiger partial charge in [0.05, 0.1) is 82.6 Å². The lowest BCUT2D eigenvalue weighted by Gasteiger charge is -2.36. The maximum Gasteiger partial charge on any atom is 0.128 e. The SMILES string of the molecule is CCCCCCCCCCCC[N+](C)(C)CC[N+](C)(C)CCCCC[N+](C)(C)CC[N+](C)(C)CCCCCCCCCCCC. The van der Waals surface area contributed by atoms with Crippen molar-refractivity contribution in [2.24, 2.45) is 0 Å². The van der Waals surface area contributed by atoms with Crippen LogP contribution >= 0.6 is 0 Å². The Kier molecular flexibility index (Phi) is 26.7. The van der Waals surface area contributed by atoms with Crippen molar-refractivity contribution in [3.63, 3.8) is 0 Å². The Morgan fingerprint density at radius 1 is 0.200 bits per heavy atom. The van der Waals surface area contributed by atoms with Crippen LogP contribution in [0.1, 0.15) is 162 Å². The number of hydrogen-bond donors (Lipinski definition) is 0. The summed E-state index contributed by atoms with van der Waals surface area (Å²) in [5, 5.41) is 0. The van der Waals surface area contributed by atoms with Gasteiger partial charge in [0.1, 0.15) is 26.2 Å². The van der Waals surface area contributed by atoms with Crippen LogP contribution in [0.15, 0.2) is 0 Å². The van der Waals surface area contributed by atoms with E-state index in [0.717, 1.165) is 0 Å². The fourth-order valence-corrected chi connectivity index (χ4v) is 6.84. The summed E-state index contributed by atoms with van der Waals surface area (Å²) in [6.07, 6.45) is 32.8. The molecule has 0 amide bonds. The molecule has 0 aromatic carbocycles. The maximum atomic E-state index is 2.47. The van der Waals surface area contributed by atoms with E-state index in [4.69, 9.17) is 0 Å². The van der Waals surface area contributed by atoms with E-state index in [1.807, 2.05) is 0 Å². The standard InChI is InChI=1S/C41H92N4/c1-11-13-15-17-19-21-23-25-27-30-34-42(3,4)38-40-44(7,8)36-32-29-33-37-45(9,10)41-39-43(5,6)35-31-28-26-24-22-20-18-16-14-12-2/h11-41H2,1-10H3/q+4. The van der Waals surface area contributed by atoms with E-state index in [2.05, 4.69) is 70.2 Å². The van der Waals surface area contributed by atoms with Gasteiger partial charge in [-0.3, -0.25) is 0 Å². The highest BCUT2D eigenvalue weighted by Gasteiger charge is 2.24. The minimum atomic E-state index is 1.18. The van der Waals surface area contributed by atoms with Gasteiger partial charge < -0.3 is 17.9 Å². The summed E-state index contributed by atoms with van der Waals surface area (Å²) in [6.45, 7) is 15.2.